The van der Waals surface area contributed by atoms with Gasteiger partial charge in [-0.15, -0.1) is 0 Å². The third-order valence-electron chi connectivity index (χ3n) is 7.43. The van der Waals surface area contributed by atoms with E-state index in [1.807, 2.05) is 0 Å². The first-order valence-electron chi connectivity index (χ1n) is 12.6. The van der Waals surface area contributed by atoms with Gasteiger partial charge in [-0.2, -0.15) is 10.2 Å². The zero-order valence-corrected chi connectivity index (χ0v) is 23.5. The maximum Gasteiger partial charge on any atom is 0.262 e. The maximum atomic E-state index is 9.15. The molecule has 2 N–H and O–H groups in total. The molecule has 1 aromatic carbocycles. The SMILES string of the molecule is CC(C)(C)[Si](C)(C)OCCOc1c(Nc2ccc(C#N)cc2Cl)ncnc1O[C@H]1CC2CC[C@@H](C1)N2. The number of benzene rings is 1. The van der Waals surface area contributed by atoms with Gasteiger partial charge in [0.15, 0.2) is 14.1 Å². The average molecular weight is 530 g/mol. The van der Waals surface area contributed by atoms with Crippen LogP contribution in [0.1, 0.15) is 52.0 Å². The lowest BCUT2D eigenvalue weighted by atomic mass is 10.0. The number of piperidine rings is 1. The number of nitriles is 1. The van der Waals surface area contributed by atoms with E-state index in [4.69, 9.17) is 30.8 Å². The molecule has 3 heterocycles. The molecule has 8 nitrogen and oxygen atoms in total. The number of nitrogens with zero attached hydrogens (tertiary/aromatic N) is 3. The van der Waals surface area contributed by atoms with E-state index in [2.05, 4.69) is 60.5 Å². The van der Waals surface area contributed by atoms with E-state index < -0.39 is 8.32 Å². The predicted molar refractivity (Wildman–Crippen MR) is 144 cm³/mol. The van der Waals surface area contributed by atoms with Crippen molar-refractivity contribution in [3.8, 4) is 17.7 Å². The van der Waals surface area contributed by atoms with E-state index in [0.29, 0.717) is 59.0 Å². The summed E-state index contributed by atoms with van der Waals surface area (Å²) in [6, 6.07) is 8.14. The van der Waals surface area contributed by atoms with E-state index in [1.54, 1.807) is 18.2 Å². The van der Waals surface area contributed by atoms with Crippen molar-refractivity contribution in [2.75, 3.05) is 18.5 Å². The lowest BCUT2D eigenvalue weighted by Gasteiger charge is -2.36. The fourth-order valence-electron chi connectivity index (χ4n) is 4.39. The van der Waals surface area contributed by atoms with Crippen LogP contribution in [0.4, 0.5) is 11.5 Å². The third-order valence-corrected chi connectivity index (χ3v) is 12.3. The van der Waals surface area contributed by atoms with Gasteiger partial charge in [0.2, 0.25) is 5.75 Å². The number of ether oxygens (including phenoxy) is 2. The van der Waals surface area contributed by atoms with Crippen LogP contribution in [0.5, 0.6) is 11.6 Å². The van der Waals surface area contributed by atoms with Crippen molar-refractivity contribution in [3.63, 3.8) is 0 Å². The second kappa shape index (κ2) is 10.9. The van der Waals surface area contributed by atoms with Crippen molar-refractivity contribution in [1.82, 2.24) is 15.3 Å². The number of aromatic nitrogens is 2. The Morgan fingerprint density at radius 1 is 1.17 bits per heavy atom. The summed E-state index contributed by atoms with van der Waals surface area (Å²) in [5, 5.41) is 16.6. The van der Waals surface area contributed by atoms with Crippen LogP contribution in [0.15, 0.2) is 24.5 Å². The van der Waals surface area contributed by atoms with Crippen molar-refractivity contribution in [2.45, 2.75) is 82.8 Å². The normalized spacial score (nSPS) is 21.6. The van der Waals surface area contributed by atoms with Crippen LogP contribution in [-0.2, 0) is 4.43 Å². The predicted octanol–water partition coefficient (Wildman–Crippen LogP) is 5.81. The number of rotatable bonds is 9. The van der Waals surface area contributed by atoms with Gasteiger partial charge in [0.1, 0.15) is 19.0 Å². The molecule has 1 unspecified atom stereocenters. The van der Waals surface area contributed by atoms with E-state index in [-0.39, 0.29) is 11.1 Å². The van der Waals surface area contributed by atoms with Crippen molar-refractivity contribution in [1.29, 1.82) is 5.26 Å². The molecule has 36 heavy (non-hydrogen) atoms. The Morgan fingerprint density at radius 2 is 1.89 bits per heavy atom. The molecule has 0 saturated carbocycles. The highest BCUT2D eigenvalue weighted by molar-refractivity contribution is 6.74. The van der Waals surface area contributed by atoms with Crippen molar-refractivity contribution in [3.05, 3.63) is 35.1 Å². The fraction of sp³-hybridized carbons (Fsp3) is 0.577. The molecule has 1 aromatic heterocycles. The monoisotopic (exact) mass is 529 g/mol. The second-order valence-electron chi connectivity index (χ2n) is 11.1. The zero-order chi connectivity index (χ0) is 25.9. The van der Waals surface area contributed by atoms with Gasteiger partial charge in [0.05, 0.1) is 28.9 Å². The molecule has 4 rings (SSSR count). The first kappa shape index (κ1) is 26.7. The largest absolute Gasteiger partial charge is 0.483 e. The lowest BCUT2D eigenvalue weighted by Crippen LogP contribution is -2.42. The van der Waals surface area contributed by atoms with E-state index >= 15 is 0 Å². The molecule has 2 bridgehead atoms. The molecular formula is C26H36ClN5O3Si. The van der Waals surface area contributed by atoms with E-state index in [9.17, 15) is 0 Å². The molecule has 2 aromatic rings. The van der Waals surface area contributed by atoms with Gasteiger partial charge in [0, 0.05) is 12.1 Å². The quantitative estimate of drug-likeness (QED) is 0.310. The highest BCUT2D eigenvalue weighted by Gasteiger charge is 2.37. The first-order valence-corrected chi connectivity index (χ1v) is 15.9. The van der Waals surface area contributed by atoms with Crippen molar-refractivity contribution in [2.24, 2.45) is 0 Å². The van der Waals surface area contributed by atoms with Crippen LogP contribution >= 0.6 is 11.6 Å². The minimum Gasteiger partial charge on any atom is -0.483 e. The molecule has 0 amide bonds. The lowest BCUT2D eigenvalue weighted by molar-refractivity contribution is 0.122. The number of nitrogens with one attached hydrogen (secondary N) is 2. The molecule has 0 spiro atoms. The number of fused-ring (bicyclic) bond motifs is 2. The molecule has 0 radical (unpaired) electrons. The summed E-state index contributed by atoms with van der Waals surface area (Å²) in [6.07, 6.45) is 5.79. The van der Waals surface area contributed by atoms with Gasteiger partial charge in [-0.25, -0.2) is 4.98 Å². The molecule has 3 atom stereocenters. The summed E-state index contributed by atoms with van der Waals surface area (Å²) >= 11 is 6.41. The highest BCUT2D eigenvalue weighted by Crippen LogP contribution is 2.39. The van der Waals surface area contributed by atoms with Crippen LogP contribution in [0, 0.1) is 11.3 Å². The Balaban J connectivity index is 1.53. The fourth-order valence-corrected chi connectivity index (χ4v) is 5.64. The van der Waals surface area contributed by atoms with Crippen molar-refractivity contribution < 1.29 is 13.9 Å². The maximum absolute atomic E-state index is 9.15. The van der Waals surface area contributed by atoms with Crippen LogP contribution in [0.2, 0.25) is 23.2 Å². The van der Waals surface area contributed by atoms with Gasteiger partial charge in [-0.3, -0.25) is 0 Å². The van der Waals surface area contributed by atoms with Gasteiger partial charge >= 0.3 is 0 Å². The summed E-state index contributed by atoms with van der Waals surface area (Å²) < 4.78 is 18.9. The van der Waals surface area contributed by atoms with Gasteiger partial charge in [0.25, 0.3) is 5.88 Å². The molecule has 2 aliphatic heterocycles. The number of hydrogen-bond donors (Lipinski definition) is 2. The molecule has 194 valence electrons. The standard InChI is InChI=1S/C26H36ClN5O3Si/c1-26(2,3)36(4,5)34-11-10-33-23-24(32-22-9-6-17(15-28)12-21(22)27)29-16-30-25(23)35-20-13-18-7-8-19(14-20)31-18/h6,9,12,16,18-20,31H,7-8,10-11,13-14H2,1-5H3,(H,29,30,32)/t18-,19?,20+/m0/s1. The smallest absolute Gasteiger partial charge is 0.262 e. The van der Waals surface area contributed by atoms with Crippen LogP contribution in [-0.4, -0.2) is 49.7 Å². The zero-order valence-electron chi connectivity index (χ0n) is 21.7. The first-order chi connectivity index (χ1) is 17.1. The molecule has 10 heteroatoms. The summed E-state index contributed by atoms with van der Waals surface area (Å²) in [5.74, 6) is 1.30. The molecule has 2 fully saturated rings. The number of halogens is 1. The Labute approximate surface area is 219 Å². The number of anilines is 2. The summed E-state index contributed by atoms with van der Waals surface area (Å²) in [4.78, 5) is 8.86. The van der Waals surface area contributed by atoms with Crippen molar-refractivity contribution >= 4 is 31.4 Å². The third kappa shape index (κ3) is 6.29. The average Bonchev–Trinajstić information content (AvgIpc) is 3.16. The minimum atomic E-state index is -1.90. The van der Waals surface area contributed by atoms with Crippen LogP contribution < -0.4 is 20.1 Å². The summed E-state index contributed by atoms with van der Waals surface area (Å²) in [6.45, 7) is 11.9. The van der Waals surface area contributed by atoms with Gasteiger partial charge in [-0.05, 0) is 62.0 Å². The Morgan fingerprint density at radius 3 is 2.53 bits per heavy atom. The minimum absolute atomic E-state index is 0.0656. The van der Waals surface area contributed by atoms with E-state index in [0.717, 1.165) is 12.8 Å². The number of hydrogen-bond acceptors (Lipinski definition) is 8. The molecular weight excluding hydrogens is 494 g/mol. The molecule has 2 aliphatic rings. The van der Waals surface area contributed by atoms with Crippen LogP contribution in [0.3, 0.4) is 0 Å². The van der Waals surface area contributed by atoms with Gasteiger partial charge < -0.3 is 24.5 Å². The summed E-state index contributed by atoms with van der Waals surface area (Å²) in [7, 11) is -1.90. The second-order valence-corrected chi connectivity index (χ2v) is 16.3. The van der Waals surface area contributed by atoms with Gasteiger partial charge in [-0.1, -0.05) is 32.4 Å². The highest BCUT2D eigenvalue weighted by atomic mass is 35.5. The Bertz CT molecular complexity index is 1110. The Hall–Kier alpha value is -2.38. The van der Waals surface area contributed by atoms with Crippen LogP contribution in [0.25, 0.3) is 0 Å². The molecule has 2 saturated heterocycles. The summed E-state index contributed by atoms with van der Waals surface area (Å²) in [5.41, 5.74) is 1.10. The van der Waals surface area contributed by atoms with E-state index in [1.165, 1.54) is 19.2 Å². The Kier molecular flexibility index (Phi) is 8.10. The molecule has 0 aliphatic carbocycles. The topological polar surface area (TPSA) is 101 Å².